The minimum atomic E-state index is -0.364. The predicted molar refractivity (Wildman–Crippen MR) is 96.6 cm³/mol. The third kappa shape index (κ3) is 3.80. The lowest BCUT2D eigenvalue weighted by Gasteiger charge is -2.11. The van der Waals surface area contributed by atoms with E-state index in [0.717, 1.165) is 13.4 Å². The van der Waals surface area contributed by atoms with Crippen LogP contribution >= 0.6 is 70.4 Å². The molecule has 0 aliphatic carbocycles. The van der Waals surface area contributed by atoms with Gasteiger partial charge in [-0.3, -0.25) is 4.79 Å². The molecule has 0 radical (unpaired) electrons. The number of hydrogen-bond acceptors (Lipinski definition) is 1. The van der Waals surface area contributed by atoms with Gasteiger partial charge in [0.2, 0.25) is 0 Å². The fourth-order valence-corrected chi connectivity index (χ4v) is 4.70. The van der Waals surface area contributed by atoms with E-state index >= 15 is 0 Å². The van der Waals surface area contributed by atoms with Gasteiger partial charge in [-0.2, -0.15) is 0 Å². The number of halogens is 5. The van der Waals surface area contributed by atoms with Crippen molar-refractivity contribution in [2.45, 2.75) is 0 Å². The fraction of sp³-hybridized carbons (Fsp3) is 0. The first-order valence-corrected chi connectivity index (χ1v) is 8.75. The van der Waals surface area contributed by atoms with Crippen LogP contribution in [0.15, 0.2) is 43.7 Å². The number of anilines is 1. The first-order chi connectivity index (χ1) is 9.38. The van der Waals surface area contributed by atoms with Crippen LogP contribution in [0.25, 0.3) is 0 Å². The van der Waals surface area contributed by atoms with Gasteiger partial charge in [0.1, 0.15) is 5.82 Å². The standard InChI is InChI=1S/C13H6Br3FINO/c14-6-3-9(15)12(10(16)4-6)19-13(20)8-2-1-7(17)5-11(8)18/h1-5H,(H,19,20). The molecule has 2 aromatic carbocycles. The Balaban J connectivity index is 2.33. The van der Waals surface area contributed by atoms with E-state index in [1.165, 1.54) is 18.2 Å². The SMILES string of the molecule is O=C(Nc1c(Br)cc(Br)cc1Br)c1ccc(F)cc1I. The Morgan fingerprint density at radius 3 is 2.25 bits per heavy atom. The van der Waals surface area contributed by atoms with Crippen LogP contribution in [0.5, 0.6) is 0 Å². The molecule has 2 nitrogen and oxygen atoms in total. The molecule has 1 amide bonds. The molecule has 0 heterocycles. The van der Waals surface area contributed by atoms with Gasteiger partial charge in [-0.25, -0.2) is 4.39 Å². The summed E-state index contributed by atoms with van der Waals surface area (Å²) in [6, 6.07) is 7.71. The molecule has 0 fully saturated rings. The molecule has 0 saturated heterocycles. The second kappa shape index (κ2) is 6.85. The molecule has 2 rings (SSSR count). The zero-order valence-electron chi connectivity index (χ0n) is 9.68. The minimum absolute atomic E-state index is 0.293. The summed E-state index contributed by atoms with van der Waals surface area (Å²) >= 11 is 12.1. The minimum Gasteiger partial charge on any atom is -0.320 e. The lowest BCUT2D eigenvalue weighted by Crippen LogP contribution is -2.14. The van der Waals surface area contributed by atoms with Crippen LogP contribution in [-0.2, 0) is 0 Å². The quantitative estimate of drug-likeness (QED) is 0.438. The number of carbonyl (C=O) groups is 1. The smallest absolute Gasteiger partial charge is 0.256 e. The molecular weight excluding hydrogens is 572 g/mol. The van der Waals surface area contributed by atoms with Gasteiger partial charge >= 0.3 is 0 Å². The van der Waals surface area contributed by atoms with Crippen molar-refractivity contribution in [1.29, 1.82) is 0 Å². The van der Waals surface area contributed by atoms with E-state index in [2.05, 4.69) is 53.1 Å². The van der Waals surface area contributed by atoms with E-state index in [0.29, 0.717) is 14.8 Å². The molecule has 20 heavy (non-hydrogen) atoms. The average molecular weight is 578 g/mol. The van der Waals surface area contributed by atoms with E-state index in [4.69, 9.17) is 0 Å². The summed E-state index contributed by atoms with van der Waals surface area (Å²) in [5, 5.41) is 2.80. The number of carbonyl (C=O) groups excluding carboxylic acids is 1. The summed E-state index contributed by atoms with van der Waals surface area (Å²) in [7, 11) is 0. The lowest BCUT2D eigenvalue weighted by molar-refractivity contribution is 0.102. The molecule has 104 valence electrons. The summed E-state index contributed by atoms with van der Waals surface area (Å²) in [6.07, 6.45) is 0. The van der Waals surface area contributed by atoms with Gasteiger partial charge in [-0.05, 0) is 84.8 Å². The van der Waals surface area contributed by atoms with Gasteiger partial charge in [-0.15, -0.1) is 0 Å². The molecule has 7 heteroatoms. The highest BCUT2D eigenvalue weighted by molar-refractivity contribution is 14.1. The number of benzene rings is 2. The first-order valence-electron chi connectivity index (χ1n) is 5.29. The molecule has 0 aromatic heterocycles. The van der Waals surface area contributed by atoms with Crippen molar-refractivity contribution in [3.63, 3.8) is 0 Å². The van der Waals surface area contributed by atoms with Gasteiger partial charge in [-0.1, -0.05) is 15.9 Å². The van der Waals surface area contributed by atoms with Crippen molar-refractivity contribution >= 4 is 82.0 Å². The maximum atomic E-state index is 13.1. The van der Waals surface area contributed by atoms with Crippen molar-refractivity contribution in [3.05, 3.63) is 58.7 Å². The zero-order chi connectivity index (χ0) is 14.9. The third-order valence-electron chi connectivity index (χ3n) is 2.42. The molecule has 0 spiro atoms. The molecule has 0 saturated carbocycles. The Morgan fingerprint density at radius 1 is 1.10 bits per heavy atom. The Hall–Kier alpha value is 0.01000. The molecule has 0 unspecified atom stereocenters. The maximum Gasteiger partial charge on any atom is 0.256 e. The maximum absolute atomic E-state index is 13.1. The Kier molecular flexibility index (Phi) is 5.61. The van der Waals surface area contributed by atoms with Crippen LogP contribution in [0.3, 0.4) is 0 Å². The van der Waals surface area contributed by atoms with E-state index in [1.54, 1.807) is 0 Å². The van der Waals surface area contributed by atoms with Crippen LogP contribution in [-0.4, -0.2) is 5.91 Å². The Morgan fingerprint density at radius 2 is 1.70 bits per heavy atom. The van der Waals surface area contributed by atoms with Crippen molar-refractivity contribution in [2.24, 2.45) is 0 Å². The number of nitrogens with one attached hydrogen (secondary N) is 1. The normalized spacial score (nSPS) is 10.4. The molecule has 0 atom stereocenters. The second-order valence-corrected chi connectivity index (χ2v) is 7.61. The van der Waals surface area contributed by atoms with Crippen molar-refractivity contribution < 1.29 is 9.18 Å². The monoisotopic (exact) mass is 575 g/mol. The number of hydrogen-bond donors (Lipinski definition) is 1. The van der Waals surface area contributed by atoms with E-state index < -0.39 is 0 Å². The average Bonchev–Trinajstić information content (AvgIpc) is 2.33. The van der Waals surface area contributed by atoms with Gasteiger partial charge in [0.25, 0.3) is 5.91 Å². The molecule has 0 aliphatic rings. The number of amides is 1. The van der Waals surface area contributed by atoms with E-state index in [9.17, 15) is 9.18 Å². The van der Waals surface area contributed by atoms with Crippen LogP contribution in [0, 0.1) is 9.39 Å². The highest BCUT2D eigenvalue weighted by Gasteiger charge is 2.14. The van der Waals surface area contributed by atoms with Gasteiger partial charge in [0.15, 0.2) is 0 Å². The van der Waals surface area contributed by atoms with E-state index in [-0.39, 0.29) is 11.7 Å². The highest BCUT2D eigenvalue weighted by atomic mass is 127. The van der Waals surface area contributed by atoms with Gasteiger partial charge in [0, 0.05) is 17.0 Å². The van der Waals surface area contributed by atoms with Crippen LogP contribution in [0.2, 0.25) is 0 Å². The molecular formula is C13H6Br3FINO. The lowest BCUT2D eigenvalue weighted by atomic mass is 10.2. The van der Waals surface area contributed by atoms with Crippen LogP contribution in [0.1, 0.15) is 10.4 Å². The Labute approximate surface area is 154 Å². The first kappa shape index (κ1) is 16.4. The molecule has 1 N–H and O–H groups in total. The summed E-state index contributed by atoms with van der Waals surface area (Å²) in [6.45, 7) is 0. The second-order valence-electron chi connectivity index (χ2n) is 3.82. The zero-order valence-corrected chi connectivity index (χ0v) is 16.6. The van der Waals surface area contributed by atoms with Gasteiger partial charge < -0.3 is 5.32 Å². The fourth-order valence-electron chi connectivity index (χ4n) is 1.52. The largest absolute Gasteiger partial charge is 0.320 e. The van der Waals surface area contributed by atoms with Crippen molar-refractivity contribution in [2.75, 3.05) is 5.32 Å². The summed E-state index contributed by atoms with van der Waals surface area (Å²) in [5.74, 6) is -0.657. The highest BCUT2D eigenvalue weighted by Crippen LogP contribution is 2.34. The topological polar surface area (TPSA) is 29.1 Å². The summed E-state index contributed by atoms with van der Waals surface area (Å²) in [4.78, 5) is 12.2. The number of rotatable bonds is 2. The molecule has 0 aliphatic heterocycles. The van der Waals surface area contributed by atoms with Crippen LogP contribution < -0.4 is 5.32 Å². The van der Waals surface area contributed by atoms with Crippen molar-refractivity contribution in [1.82, 2.24) is 0 Å². The third-order valence-corrected chi connectivity index (χ3v) is 5.02. The van der Waals surface area contributed by atoms with Gasteiger partial charge in [0.05, 0.1) is 11.3 Å². The summed E-state index contributed by atoms with van der Waals surface area (Å²) in [5.41, 5.74) is 1.05. The van der Waals surface area contributed by atoms with Crippen LogP contribution in [0.4, 0.5) is 10.1 Å². The predicted octanol–water partition coefficient (Wildman–Crippen LogP) is 5.97. The molecule has 2 aromatic rings. The summed E-state index contributed by atoms with van der Waals surface area (Å²) < 4.78 is 16.0. The molecule has 0 bridgehead atoms. The van der Waals surface area contributed by atoms with Crippen molar-refractivity contribution in [3.8, 4) is 0 Å². The Bertz CT molecular complexity index is 670. The van der Waals surface area contributed by atoms with E-state index in [1.807, 2.05) is 34.7 Å².